The minimum absolute atomic E-state index is 0.0395. The Morgan fingerprint density at radius 3 is 2.87 bits per heavy atom. The molecule has 1 saturated carbocycles. The van der Waals surface area contributed by atoms with Gasteiger partial charge in [0.05, 0.1) is 11.5 Å². The molecule has 1 aliphatic rings. The molecule has 0 bridgehead atoms. The van der Waals surface area contributed by atoms with Crippen molar-refractivity contribution in [1.82, 2.24) is 24.9 Å². The first-order valence-corrected chi connectivity index (χ1v) is 12.0. The summed E-state index contributed by atoms with van der Waals surface area (Å²) in [6.45, 7) is 2.06. The predicted octanol–water partition coefficient (Wildman–Crippen LogP) is 5.93. The van der Waals surface area contributed by atoms with Crippen molar-refractivity contribution >= 4 is 23.1 Å². The molecule has 1 atom stereocenters. The molecule has 0 saturated heterocycles. The summed E-state index contributed by atoms with van der Waals surface area (Å²) in [6.07, 6.45) is 8.62. The minimum Gasteiger partial charge on any atom is -0.461 e. The molecular formula is C21H23N5O2S2. The van der Waals surface area contributed by atoms with Crippen LogP contribution in [0.4, 0.5) is 0 Å². The van der Waals surface area contributed by atoms with Gasteiger partial charge in [0.1, 0.15) is 5.82 Å². The molecule has 0 amide bonds. The van der Waals surface area contributed by atoms with E-state index >= 15 is 0 Å². The van der Waals surface area contributed by atoms with Crippen molar-refractivity contribution in [2.24, 2.45) is 0 Å². The lowest BCUT2D eigenvalue weighted by molar-refractivity contribution is 0.330. The number of thiophene rings is 1. The normalized spacial score (nSPS) is 16.2. The zero-order valence-electron chi connectivity index (χ0n) is 16.7. The number of rotatable bonds is 7. The van der Waals surface area contributed by atoms with E-state index < -0.39 is 0 Å². The van der Waals surface area contributed by atoms with E-state index in [1.165, 1.54) is 37.0 Å². The third-order valence-electron chi connectivity index (χ3n) is 5.40. The molecule has 1 unspecified atom stereocenters. The Morgan fingerprint density at radius 2 is 2.10 bits per heavy atom. The first-order valence-electron chi connectivity index (χ1n) is 10.3. The second kappa shape index (κ2) is 8.77. The maximum absolute atomic E-state index is 5.50. The summed E-state index contributed by atoms with van der Waals surface area (Å²) in [4.78, 5) is 5.82. The van der Waals surface area contributed by atoms with Gasteiger partial charge in [-0.1, -0.05) is 42.2 Å². The van der Waals surface area contributed by atoms with Crippen LogP contribution in [0.25, 0.3) is 11.6 Å². The molecule has 4 aromatic rings. The average Bonchev–Trinajstić information content (AvgIpc) is 3.56. The van der Waals surface area contributed by atoms with E-state index in [-0.39, 0.29) is 5.25 Å². The highest BCUT2D eigenvalue weighted by molar-refractivity contribution is 7.99. The van der Waals surface area contributed by atoms with Crippen molar-refractivity contribution in [1.29, 1.82) is 0 Å². The van der Waals surface area contributed by atoms with Gasteiger partial charge in [-0.2, -0.15) is 4.98 Å². The van der Waals surface area contributed by atoms with Gasteiger partial charge in [0.25, 0.3) is 0 Å². The van der Waals surface area contributed by atoms with Crippen LogP contribution in [0.1, 0.15) is 66.9 Å². The fourth-order valence-corrected chi connectivity index (χ4v) is 5.57. The summed E-state index contributed by atoms with van der Waals surface area (Å²) >= 11 is 3.39. The standard InChI is InChI=1S/C21H23N5O2S2/c1-14(20-22-19(25-28-20)17-10-5-11-27-17)30-21-24-23-18(13-16-9-6-12-29-16)26(21)15-7-3-2-4-8-15/h5-6,9-12,14-15H,2-4,7-8,13H2,1H3. The molecule has 5 rings (SSSR count). The molecule has 9 heteroatoms. The Labute approximate surface area is 182 Å². The SMILES string of the molecule is CC(Sc1nnc(Cc2cccs2)n1C1CCCCC1)c1nc(-c2ccco2)no1. The van der Waals surface area contributed by atoms with Crippen LogP contribution in [0.5, 0.6) is 0 Å². The molecule has 0 aromatic carbocycles. The Bertz CT molecular complexity index is 1070. The van der Waals surface area contributed by atoms with Gasteiger partial charge < -0.3 is 13.5 Å². The van der Waals surface area contributed by atoms with Gasteiger partial charge in [-0.25, -0.2) is 0 Å². The van der Waals surface area contributed by atoms with Gasteiger partial charge in [-0.3, -0.25) is 0 Å². The molecule has 30 heavy (non-hydrogen) atoms. The maximum atomic E-state index is 5.50. The number of hydrogen-bond donors (Lipinski definition) is 0. The first kappa shape index (κ1) is 19.6. The summed E-state index contributed by atoms with van der Waals surface area (Å²) in [5.41, 5.74) is 0. The molecule has 0 aliphatic heterocycles. The lowest BCUT2D eigenvalue weighted by atomic mass is 9.95. The summed E-state index contributed by atoms with van der Waals surface area (Å²) in [5.74, 6) is 2.67. The van der Waals surface area contributed by atoms with Crippen LogP contribution in [-0.2, 0) is 6.42 Å². The van der Waals surface area contributed by atoms with Gasteiger partial charge in [-0.15, -0.1) is 21.5 Å². The van der Waals surface area contributed by atoms with Crippen molar-refractivity contribution in [3.63, 3.8) is 0 Å². The predicted molar refractivity (Wildman–Crippen MR) is 116 cm³/mol. The Kier molecular flexibility index (Phi) is 5.72. The molecule has 0 spiro atoms. The number of furan rings is 1. The fourth-order valence-electron chi connectivity index (χ4n) is 3.90. The molecule has 1 fully saturated rings. The van der Waals surface area contributed by atoms with Crippen molar-refractivity contribution in [2.75, 3.05) is 0 Å². The van der Waals surface area contributed by atoms with Crippen LogP contribution in [0, 0.1) is 0 Å². The summed E-state index contributed by atoms with van der Waals surface area (Å²) in [6, 6.07) is 8.34. The van der Waals surface area contributed by atoms with Crippen LogP contribution in [0.3, 0.4) is 0 Å². The van der Waals surface area contributed by atoms with E-state index in [1.807, 2.05) is 12.1 Å². The van der Waals surface area contributed by atoms with Gasteiger partial charge >= 0.3 is 0 Å². The monoisotopic (exact) mass is 441 g/mol. The Hall–Kier alpha value is -2.39. The third kappa shape index (κ3) is 4.09. The van der Waals surface area contributed by atoms with E-state index in [9.17, 15) is 0 Å². The summed E-state index contributed by atoms with van der Waals surface area (Å²) < 4.78 is 13.2. The second-order valence-electron chi connectivity index (χ2n) is 7.51. The topological polar surface area (TPSA) is 82.8 Å². The van der Waals surface area contributed by atoms with E-state index in [4.69, 9.17) is 8.94 Å². The molecule has 156 valence electrons. The maximum Gasteiger partial charge on any atom is 0.240 e. The van der Waals surface area contributed by atoms with E-state index in [1.54, 1.807) is 29.4 Å². The summed E-state index contributed by atoms with van der Waals surface area (Å²) in [7, 11) is 0. The van der Waals surface area contributed by atoms with E-state index in [0.29, 0.717) is 23.5 Å². The Balaban J connectivity index is 1.39. The van der Waals surface area contributed by atoms with Crippen LogP contribution in [-0.4, -0.2) is 24.9 Å². The van der Waals surface area contributed by atoms with E-state index in [2.05, 4.69) is 49.3 Å². The number of nitrogens with zero attached hydrogens (tertiary/aromatic N) is 5. The van der Waals surface area contributed by atoms with Crippen molar-refractivity contribution in [3.05, 3.63) is 52.5 Å². The molecule has 4 heterocycles. The smallest absolute Gasteiger partial charge is 0.240 e. The average molecular weight is 442 g/mol. The third-order valence-corrected chi connectivity index (χ3v) is 7.32. The summed E-state index contributed by atoms with van der Waals surface area (Å²) in [5, 5.41) is 16.2. The molecular weight excluding hydrogens is 418 g/mol. The lowest BCUT2D eigenvalue weighted by Crippen LogP contribution is -2.17. The minimum atomic E-state index is -0.0395. The second-order valence-corrected chi connectivity index (χ2v) is 9.85. The fraction of sp³-hybridized carbons (Fsp3) is 0.429. The highest BCUT2D eigenvalue weighted by atomic mass is 32.2. The lowest BCUT2D eigenvalue weighted by Gasteiger charge is -2.25. The largest absolute Gasteiger partial charge is 0.461 e. The highest BCUT2D eigenvalue weighted by Crippen LogP contribution is 2.38. The number of thioether (sulfide) groups is 1. The van der Waals surface area contributed by atoms with E-state index in [0.717, 1.165) is 17.4 Å². The molecule has 4 aromatic heterocycles. The molecule has 1 aliphatic carbocycles. The van der Waals surface area contributed by atoms with Crippen molar-refractivity contribution in [3.8, 4) is 11.6 Å². The zero-order chi connectivity index (χ0) is 20.3. The van der Waals surface area contributed by atoms with Crippen LogP contribution >= 0.6 is 23.1 Å². The van der Waals surface area contributed by atoms with Crippen molar-refractivity contribution < 1.29 is 8.94 Å². The van der Waals surface area contributed by atoms with Gasteiger partial charge in [-0.05, 0) is 43.3 Å². The van der Waals surface area contributed by atoms with Crippen LogP contribution in [0.15, 0.2) is 50.0 Å². The van der Waals surface area contributed by atoms with Gasteiger partial charge in [0.15, 0.2) is 10.9 Å². The van der Waals surface area contributed by atoms with Crippen molar-refractivity contribution in [2.45, 2.75) is 61.9 Å². The van der Waals surface area contributed by atoms with Gasteiger partial charge in [0, 0.05) is 17.3 Å². The number of hydrogen-bond acceptors (Lipinski definition) is 8. The van der Waals surface area contributed by atoms with Crippen LogP contribution < -0.4 is 0 Å². The first-order chi connectivity index (χ1) is 14.8. The van der Waals surface area contributed by atoms with Gasteiger partial charge in [0.2, 0.25) is 11.7 Å². The number of aromatic nitrogens is 5. The Morgan fingerprint density at radius 1 is 1.20 bits per heavy atom. The molecule has 0 N–H and O–H groups in total. The van der Waals surface area contributed by atoms with Crippen LogP contribution in [0.2, 0.25) is 0 Å². The highest BCUT2D eigenvalue weighted by Gasteiger charge is 2.26. The molecule has 7 nitrogen and oxygen atoms in total. The zero-order valence-corrected chi connectivity index (χ0v) is 18.4. The molecule has 0 radical (unpaired) electrons. The quantitative estimate of drug-likeness (QED) is 0.329.